The molecule has 6 heteroatoms. The number of rotatable bonds is 2. The molecule has 0 bridgehead atoms. The van der Waals surface area contributed by atoms with Gasteiger partial charge in [0.2, 0.25) is 11.9 Å². The van der Waals surface area contributed by atoms with Crippen molar-refractivity contribution in [3.63, 3.8) is 0 Å². The fourth-order valence-electron chi connectivity index (χ4n) is 2.25. The zero-order valence-electron chi connectivity index (χ0n) is 11.5. The number of aryl methyl sites for hydroxylation is 1. The van der Waals surface area contributed by atoms with Gasteiger partial charge in [0.05, 0.1) is 5.92 Å². The first-order chi connectivity index (χ1) is 10.1. The van der Waals surface area contributed by atoms with E-state index in [1.54, 1.807) is 18.3 Å². The van der Waals surface area contributed by atoms with Crippen LogP contribution in [0.5, 0.6) is 5.75 Å². The van der Waals surface area contributed by atoms with Crippen molar-refractivity contribution >= 4 is 23.5 Å². The second kappa shape index (κ2) is 5.69. The number of carbonyl (C=O) groups is 1. The second-order valence-electron chi connectivity index (χ2n) is 4.97. The second-order valence-corrected chi connectivity index (χ2v) is 5.41. The average Bonchev–Trinajstić information content (AvgIpc) is 2.46. The van der Waals surface area contributed by atoms with Gasteiger partial charge in [-0.3, -0.25) is 10.1 Å². The summed E-state index contributed by atoms with van der Waals surface area (Å²) >= 11 is 5.98. The Morgan fingerprint density at radius 1 is 1.43 bits per heavy atom. The number of aromatic nitrogens is 2. The molecule has 0 saturated heterocycles. The summed E-state index contributed by atoms with van der Waals surface area (Å²) in [6.07, 6.45) is 2.21. The average molecular weight is 304 g/mol. The van der Waals surface area contributed by atoms with Crippen molar-refractivity contribution in [2.75, 3.05) is 11.9 Å². The smallest absolute Gasteiger partial charge is 0.233 e. The van der Waals surface area contributed by atoms with Gasteiger partial charge in [-0.05, 0) is 43.2 Å². The molecule has 0 aliphatic carbocycles. The van der Waals surface area contributed by atoms with Gasteiger partial charge in [0.25, 0.3) is 0 Å². The summed E-state index contributed by atoms with van der Waals surface area (Å²) in [5, 5.41) is 3.36. The van der Waals surface area contributed by atoms with Crippen LogP contribution in [0.1, 0.15) is 11.3 Å². The molecule has 0 spiro atoms. The first-order valence-electron chi connectivity index (χ1n) is 6.63. The number of anilines is 1. The van der Waals surface area contributed by atoms with Crippen molar-refractivity contribution in [2.24, 2.45) is 5.92 Å². The van der Waals surface area contributed by atoms with Gasteiger partial charge in [-0.1, -0.05) is 11.6 Å². The first kappa shape index (κ1) is 13.8. The SMILES string of the molecule is Cc1ccnc(NC(=O)[C@@H]2COc3ccc(Cl)cc3C2)n1. The minimum absolute atomic E-state index is 0.147. The first-order valence-corrected chi connectivity index (χ1v) is 7.01. The zero-order valence-corrected chi connectivity index (χ0v) is 12.2. The number of ether oxygens (including phenoxy) is 1. The molecule has 1 aliphatic heterocycles. The summed E-state index contributed by atoms with van der Waals surface area (Å²) < 4.78 is 5.61. The molecule has 21 heavy (non-hydrogen) atoms. The maximum absolute atomic E-state index is 12.3. The van der Waals surface area contributed by atoms with E-state index < -0.39 is 0 Å². The van der Waals surface area contributed by atoms with Gasteiger partial charge in [-0.2, -0.15) is 0 Å². The van der Waals surface area contributed by atoms with Crippen LogP contribution < -0.4 is 10.1 Å². The Kier molecular flexibility index (Phi) is 3.75. The Balaban J connectivity index is 1.72. The highest BCUT2D eigenvalue weighted by Gasteiger charge is 2.26. The minimum atomic E-state index is -0.278. The lowest BCUT2D eigenvalue weighted by molar-refractivity contribution is -0.121. The highest BCUT2D eigenvalue weighted by molar-refractivity contribution is 6.30. The number of halogens is 1. The van der Waals surface area contributed by atoms with E-state index in [4.69, 9.17) is 16.3 Å². The molecule has 0 saturated carbocycles. The topological polar surface area (TPSA) is 64.1 Å². The van der Waals surface area contributed by atoms with Crippen LogP contribution in [0.25, 0.3) is 0 Å². The molecule has 0 unspecified atom stereocenters. The van der Waals surface area contributed by atoms with Gasteiger partial charge in [-0.25, -0.2) is 9.97 Å². The summed E-state index contributed by atoms with van der Waals surface area (Å²) in [5.41, 5.74) is 1.75. The van der Waals surface area contributed by atoms with Crippen LogP contribution in [-0.4, -0.2) is 22.5 Å². The molecule has 2 aromatic rings. The van der Waals surface area contributed by atoms with Crippen molar-refractivity contribution in [3.8, 4) is 5.75 Å². The molecular formula is C15H14ClN3O2. The maximum atomic E-state index is 12.3. The van der Waals surface area contributed by atoms with Gasteiger partial charge >= 0.3 is 0 Å². The highest BCUT2D eigenvalue weighted by Crippen LogP contribution is 2.30. The van der Waals surface area contributed by atoms with E-state index >= 15 is 0 Å². The third-order valence-electron chi connectivity index (χ3n) is 3.33. The van der Waals surface area contributed by atoms with Gasteiger partial charge < -0.3 is 4.74 Å². The zero-order chi connectivity index (χ0) is 14.8. The summed E-state index contributed by atoms with van der Waals surface area (Å²) in [5.74, 6) is 0.679. The lowest BCUT2D eigenvalue weighted by atomic mass is 9.96. The number of nitrogens with zero attached hydrogens (tertiary/aromatic N) is 2. The van der Waals surface area contributed by atoms with E-state index in [9.17, 15) is 4.79 Å². The Hall–Kier alpha value is -2.14. The third kappa shape index (κ3) is 3.13. The van der Waals surface area contributed by atoms with Crippen molar-refractivity contribution in [3.05, 3.63) is 46.7 Å². The van der Waals surface area contributed by atoms with Crippen molar-refractivity contribution in [2.45, 2.75) is 13.3 Å². The molecule has 1 amide bonds. The Labute approximate surface area is 127 Å². The Morgan fingerprint density at radius 2 is 2.29 bits per heavy atom. The van der Waals surface area contributed by atoms with E-state index in [-0.39, 0.29) is 11.8 Å². The van der Waals surface area contributed by atoms with Crippen LogP contribution in [0.15, 0.2) is 30.5 Å². The normalized spacial score (nSPS) is 16.8. The standard InChI is InChI=1S/C15H14ClN3O2/c1-9-4-5-17-15(18-9)19-14(20)11-6-10-7-12(16)2-3-13(10)21-8-11/h2-5,7,11H,6,8H2,1H3,(H,17,18,19,20)/t11-/m0/s1. The number of hydrogen-bond donors (Lipinski definition) is 1. The third-order valence-corrected chi connectivity index (χ3v) is 3.56. The highest BCUT2D eigenvalue weighted by atomic mass is 35.5. The van der Waals surface area contributed by atoms with E-state index in [0.29, 0.717) is 24.0 Å². The van der Waals surface area contributed by atoms with E-state index in [1.165, 1.54) is 0 Å². The predicted molar refractivity (Wildman–Crippen MR) is 79.5 cm³/mol. The van der Waals surface area contributed by atoms with Crippen molar-refractivity contribution in [1.82, 2.24) is 9.97 Å². The monoisotopic (exact) mass is 303 g/mol. The molecule has 1 aromatic heterocycles. The van der Waals surface area contributed by atoms with Crippen molar-refractivity contribution in [1.29, 1.82) is 0 Å². The Bertz CT molecular complexity index is 690. The number of nitrogens with one attached hydrogen (secondary N) is 1. The predicted octanol–water partition coefficient (Wildman–Crippen LogP) is 2.63. The van der Waals surface area contributed by atoms with E-state index in [2.05, 4.69) is 15.3 Å². The Morgan fingerprint density at radius 3 is 3.10 bits per heavy atom. The summed E-state index contributed by atoms with van der Waals surface area (Å²) in [4.78, 5) is 20.5. The van der Waals surface area contributed by atoms with Gasteiger partial charge in [0, 0.05) is 16.9 Å². The van der Waals surface area contributed by atoms with Gasteiger partial charge in [-0.15, -0.1) is 0 Å². The van der Waals surface area contributed by atoms with E-state index in [1.807, 2.05) is 19.1 Å². The number of benzene rings is 1. The fourth-order valence-corrected chi connectivity index (χ4v) is 2.45. The number of carbonyl (C=O) groups excluding carboxylic acids is 1. The molecule has 5 nitrogen and oxygen atoms in total. The maximum Gasteiger partial charge on any atom is 0.233 e. The summed E-state index contributed by atoms with van der Waals surface area (Å²) in [7, 11) is 0. The molecule has 1 aromatic carbocycles. The molecule has 108 valence electrons. The van der Waals surface area contributed by atoms with E-state index in [0.717, 1.165) is 17.0 Å². The summed E-state index contributed by atoms with van der Waals surface area (Å²) in [6.45, 7) is 2.19. The van der Waals surface area contributed by atoms with Crippen LogP contribution >= 0.6 is 11.6 Å². The molecule has 0 fully saturated rings. The molecular weight excluding hydrogens is 290 g/mol. The molecule has 3 rings (SSSR count). The van der Waals surface area contributed by atoms with Crippen LogP contribution in [0.4, 0.5) is 5.95 Å². The molecule has 1 atom stereocenters. The van der Waals surface area contributed by atoms with Gasteiger partial charge in [0.1, 0.15) is 12.4 Å². The largest absolute Gasteiger partial charge is 0.492 e. The van der Waals surface area contributed by atoms with Crippen LogP contribution in [0, 0.1) is 12.8 Å². The van der Waals surface area contributed by atoms with Crippen LogP contribution in [-0.2, 0) is 11.2 Å². The number of hydrogen-bond acceptors (Lipinski definition) is 4. The number of amides is 1. The molecule has 0 radical (unpaired) electrons. The van der Waals surface area contributed by atoms with Crippen LogP contribution in [0.3, 0.4) is 0 Å². The molecule has 1 aliphatic rings. The number of fused-ring (bicyclic) bond motifs is 1. The van der Waals surface area contributed by atoms with Gasteiger partial charge in [0.15, 0.2) is 0 Å². The lowest BCUT2D eigenvalue weighted by Gasteiger charge is -2.24. The van der Waals surface area contributed by atoms with Crippen molar-refractivity contribution < 1.29 is 9.53 Å². The lowest BCUT2D eigenvalue weighted by Crippen LogP contribution is -2.33. The fraction of sp³-hybridized carbons (Fsp3) is 0.267. The quantitative estimate of drug-likeness (QED) is 0.926. The summed E-state index contributed by atoms with van der Waals surface area (Å²) in [6, 6.07) is 7.22. The molecule has 1 N–H and O–H groups in total. The molecule has 2 heterocycles. The van der Waals surface area contributed by atoms with Crippen LogP contribution in [0.2, 0.25) is 5.02 Å². The minimum Gasteiger partial charge on any atom is -0.492 e.